The van der Waals surface area contributed by atoms with Gasteiger partial charge in [0.1, 0.15) is 0 Å². The molecule has 2 aromatic carbocycles. The lowest BCUT2D eigenvalue weighted by molar-refractivity contribution is 0.0540. The van der Waals surface area contributed by atoms with E-state index in [1.807, 2.05) is 36.5 Å². The molecule has 0 fully saturated rings. The third-order valence-electron chi connectivity index (χ3n) is 7.91. The van der Waals surface area contributed by atoms with Crippen molar-refractivity contribution in [3.63, 3.8) is 0 Å². The average molecular weight is 528 g/mol. The van der Waals surface area contributed by atoms with Crippen LogP contribution in [0.1, 0.15) is 44.3 Å². The second kappa shape index (κ2) is 12.0. The normalized spacial score (nSPS) is 17.7. The first-order valence-corrected chi connectivity index (χ1v) is 13.8. The van der Waals surface area contributed by atoms with Gasteiger partial charge in [-0.3, -0.25) is 14.6 Å². The Balaban J connectivity index is 1.28. The summed E-state index contributed by atoms with van der Waals surface area (Å²) in [6.07, 6.45) is 4.32. The first-order valence-electron chi connectivity index (χ1n) is 13.8. The van der Waals surface area contributed by atoms with E-state index in [9.17, 15) is 14.7 Å². The summed E-state index contributed by atoms with van der Waals surface area (Å²) in [4.78, 5) is 36.6. The van der Waals surface area contributed by atoms with Crippen molar-refractivity contribution < 1.29 is 14.7 Å². The van der Waals surface area contributed by atoms with E-state index in [-0.39, 0.29) is 24.4 Å². The van der Waals surface area contributed by atoms with Gasteiger partial charge in [-0.05, 0) is 60.7 Å². The highest BCUT2D eigenvalue weighted by Crippen LogP contribution is 2.28. The third kappa shape index (κ3) is 5.97. The van der Waals surface area contributed by atoms with Crippen LogP contribution in [0.3, 0.4) is 0 Å². The average Bonchev–Trinajstić information content (AvgIpc) is 3.11. The lowest BCUT2D eigenvalue weighted by Crippen LogP contribution is -2.50. The fourth-order valence-corrected chi connectivity index (χ4v) is 5.51. The molecule has 0 saturated heterocycles. The number of carbonyl (C=O) groups is 2. The van der Waals surface area contributed by atoms with Crippen molar-refractivity contribution in [2.45, 2.75) is 38.5 Å². The van der Waals surface area contributed by atoms with Gasteiger partial charge >= 0.3 is 0 Å². The molecule has 2 amide bonds. The summed E-state index contributed by atoms with van der Waals surface area (Å²) in [5.41, 5.74) is 5.48. The molecule has 0 unspecified atom stereocenters. The predicted molar refractivity (Wildman–Crippen MR) is 152 cm³/mol. The molecule has 2 aliphatic heterocycles. The molecule has 0 aliphatic carbocycles. The van der Waals surface area contributed by atoms with Crippen LogP contribution in [0.4, 0.5) is 5.69 Å². The molecule has 0 saturated carbocycles. The van der Waals surface area contributed by atoms with Crippen LogP contribution >= 0.6 is 0 Å². The maximum absolute atomic E-state index is 13.7. The maximum Gasteiger partial charge on any atom is 0.256 e. The molecule has 2 aliphatic rings. The number of pyridine rings is 1. The summed E-state index contributed by atoms with van der Waals surface area (Å²) in [6.45, 7) is 5.46. The number of hydrogen-bond acceptors (Lipinski definition) is 6. The van der Waals surface area contributed by atoms with Gasteiger partial charge in [-0.2, -0.15) is 0 Å². The van der Waals surface area contributed by atoms with Gasteiger partial charge in [-0.1, -0.05) is 30.3 Å². The molecule has 8 nitrogen and oxygen atoms in total. The second-order valence-electron chi connectivity index (χ2n) is 10.4. The van der Waals surface area contributed by atoms with E-state index in [2.05, 4.69) is 34.3 Å². The number of amides is 2. The Hall–Kier alpha value is -3.75. The molecule has 204 valence electrons. The standard InChI is InChI=1S/C31H37N5O3/c1-3-35-15-16-36(21-29(37)27-17-23-8-4-5-9-25(23)20-33-27)31(39)26-11-10-24(18-28(26)35)30(38)34(2)14-12-22-7-6-13-32-19-22/h4-11,13,18-19,27,29,33,37H,3,12,14-17,20-21H2,1-2H3/t27-,29+/m0/s1. The van der Waals surface area contributed by atoms with Gasteiger partial charge in [0.25, 0.3) is 11.8 Å². The Kier molecular flexibility index (Phi) is 8.24. The molecule has 39 heavy (non-hydrogen) atoms. The Morgan fingerprint density at radius 3 is 2.69 bits per heavy atom. The number of benzene rings is 2. The zero-order chi connectivity index (χ0) is 27.4. The van der Waals surface area contributed by atoms with Crippen molar-refractivity contribution in [1.29, 1.82) is 0 Å². The van der Waals surface area contributed by atoms with Gasteiger partial charge in [-0.25, -0.2) is 0 Å². The molecule has 8 heteroatoms. The van der Waals surface area contributed by atoms with Gasteiger partial charge in [-0.15, -0.1) is 0 Å². The number of likely N-dealkylation sites (N-methyl/N-ethyl adjacent to an activating group) is 2. The van der Waals surface area contributed by atoms with Gasteiger partial charge in [0.2, 0.25) is 0 Å². The first-order chi connectivity index (χ1) is 18.9. The lowest BCUT2D eigenvalue weighted by atomic mass is 9.92. The van der Waals surface area contributed by atoms with Crippen LogP contribution in [0.5, 0.6) is 0 Å². The van der Waals surface area contributed by atoms with Crippen LogP contribution < -0.4 is 10.2 Å². The first kappa shape index (κ1) is 26.8. The molecule has 3 aromatic rings. The van der Waals surface area contributed by atoms with Crippen LogP contribution in [0.2, 0.25) is 0 Å². The van der Waals surface area contributed by atoms with Crippen molar-refractivity contribution in [2.75, 3.05) is 44.7 Å². The smallest absolute Gasteiger partial charge is 0.256 e. The predicted octanol–water partition coefficient (Wildman–Crippen LogP) is 2.75. The fourth-order valence-electron chi connectivity index (χ4n) is 5.51. The summed E-state index contributed by atoms with van der Waals surface area (Å²) < 4.78 is 0. The molecular formula is C31H37N5O3. The molecule has 2 atom stereocenters. The Bertz CT molecular complexity index is 1310. The Morgan fingerprint density at radius 1 is 1.13 bits per heavy atom. The monoisotopic (exact) mass is 527 g/mol. The molecule has 0 bridgehead atoms. The zero-order valence-electron chi connectivity index (χ0n) is 22.7. The third-order valence-corrected chi connectivity index (χ3v) is 7.91. The van der Waals surface area contributed by atoms with Crippen LogP contribution in [-0.2, 0) is 19.4 Å². The largest absolute Gasteiger partial charge is 0.390 e. The number of aromatic nitrogens is 1. The lowest BCUT2D eigenvalue weighted by Gasteiger charge is -2.33. The number of fused-ring (bicyclic) bond motifs is 2. The topological polar surface area (TPSA) is 89.0 Å². The number of aliphatic hydroxyl groups excluding tert-OH is 1. The van der Waals surface area contributed by atoms with Gasteiger partial charge in [0.05, 0.1) is 17.4 Å². The van der Waals surface area contributed by atoms with Crippen LogP contribution in [-0.4, -0.2) is 83.6 Å². The fraction of sp³-hybridized carbons (Fsp3) is 0.387. The molecule has 0 radical (unpaired) electrons. The summed E-state index contributed by atoms with van der Waals surface area (Å²) in [5, 5.41) is 14.6. The van der Waals surface area contributed by atoms with Gasteiger partial charge in [0, 0.05) is 70.3 Å². The number of rotatable bonds is 8. The number of hydrogen-bond donors (Lipinski definition) is 2. The number of nitrogens with zero attached hydrogens (tertiary/aromatic N) is 4. The number of aliphatic hydroxyl groups is 1. The minimum atomic E-state index is -0.687. The van der Waals surface area contributed by atoms with E-state index in [1.54, 1.807) is 35.2 Å². The van der Waals surface area contributed by atoms with E-state index in [4.69, 9.17) is 0 Å². The van der Waals surface area contributed by atoms with Crippen LogP contribution in [0, 0.1) is 0 Å². The minimum absolute atomic E-state index is 0.0784. The molecule has 1 aromatic heterocycles. The van der Waals surface area contributed by atoms with Crippen LogP contribution in [0.15, 0.2) is 67.0 Å². The molecule has 2 N–H and O–H groups in total. The van der Waals surface area contributed by atoms with E-state index in [0.29, 0.717) is 43.9 Å². The summed E-state index contributed by atoms with van der Waals surface area (Å²) in [7, 11) is 1.80. The summed E-state index contributed by atoms with van der Waals surface area (Å²) in [6, 6.07) is 17.4. The highest BCUT2D eigenvalue weighted by atomic mass is 16.3. The molecule has 3 heterocycles. The van der Waals surface area contributed by atoms with Gasteiger partial charge < -0.3 is 25.1 Å². The number of nitrogens with one attached hydrogen (secondary N) is 1. The van der Waals surface area contributed by atoms with Crippen molar-refractivity contribution in [2.24, 2.45) is 0 Å². The maximum atomic E-state index is 13.7. The van der Waals surface area contributed by atoms with Crippen molar-refractivity contribution in [1.82, 2.24) is 20.1 Å². The van der Waals surface area contributed by atoms with E-state index >= 15 is 0 Å². The SMILES string of the molecule is CCN1CCN(C[C@@H](O)[C@@H]2Cc3ccccc3CN2)C(=O)c2ccc(C(=O)N(C)CCc3cccnc3)cc21. The number of carbonyl (C=O) groups excluding carboxylic acids is 2. The van der Waals surface area contributed by atoms with Crippen molar-refractivity contribution in [3.05, 3.63) is 94.8 Å². The van der Waals surface area contributed by atoms with E-state index < -0.39 is 6.10 Å². The van der Waals surface area contributed by atoms with Gasteiger partial charge in [0.15, 0.2) is 0 Å². The van der Waals surface area contributed by atoms with E-state index in [1.165, 1.54) is 11.1 Å². The minimum Gasteiger partial charge on any atom is -0.390 e. The number of anilines is 1. The zero-order valence-corrected chi connectivity index (χ0v) is 22.7. The summed E-state index contributed by atoms with van der Waals surface area (Å²) >= 11 is 0. The molecular weight excluding hydrogens is 490 g/mol. The quantitative estimate of drug-likeness (QED) is 0.469. The second-order valence-corrected chi connectivity index (χ2v) is 10.4. The van der Waals surface area contributed by atoms with Crippen LogP contribution in [0.25, 0.3) is 0 Å². The highest BCUT2D eigenvalue weighted by Gasteiger charge is 2.31. The molecule has 5 rings (SSSR count). The molecule has 0 spiro atoms. The Morgan fingerprint density at radius 2 is 1.92 bits per heavy atom. The highest BCUT2D eigenvalue weighted by molar-refractivity contribution is 6.03. The number of β-amino-alcohol motifs (C(OH)–C–C–N with tert-alkyl or cyclic N) is 1. The van der Waals surface area contributed by atoms with Crippen molar-refractivity contribution >= 4 is 17.5 Å². The summed E-state index contributed by atoms with van der Waals surface area (Å²) in [5.74, 6) is -0.189. The Labute approximate surface area is 230 Å². The van der Waals surface area contributed by atoms with Crippen molar-refractivity contribution in [3.8, 4) is 0 Å². The van der Waals surface area contributed by atoms with E-state index in [0.717, 1.165) is 24.1 Å².